The highest BCUT2D eigenvalue weighted by atomic mass is 17.2. The van der Waals surface area contributed by atoms with Crippen LogP contribution in [0.25, 0.3) is 0 Å². The van der Waals surface area contributed by atoms with Crippen molar-refractivity contribution < 1.29 is 24.4 Å². The molecule has 0 aliphatic rings. The molecule has 0 aromatic carbocycles. The van der Waals surface area contributed by atoms with Gasteiger partial charge in [0.15, 0.2) is 0 Å². The lowest BCUT2D eigenvalue weighted by molar-refractivity contribution is -0.355. The fourth-order valence-corrected chi connectivity index (χ4v) is 1.12. The van der Waals surface area contributed by atoms with E-state index in [-0.39, 0.29) is 12.2 Å². The van der Waals surface area contributed by atoms with E-state index in [1.54, 1.807) is 0 Å². The Labute approximate surface area is 96.6 Å². The first-order valence-corrected chi connectivity index (χ1v) is 5.64. The van der Waals surface area contributed by atoms with E-state index in [4.69, 9.17) is 14.9 Å². The summed E-state index contributed by atoms with van der Waals surface area (Å²) in [4.78, 5) is 20.3. The van der Waals surface area contributed by atoms with Gasteiger partial charge in [0.05, 0.1) is 18.8 Å². The van der Waals surface area contributed by atoms with Gasteiger partial charge in [0.2, 0.25) is 0 Å². The molecule has 0 unspecified atom stereocenters. The van der Waals surface area contributed by atoms with E-state index in [9.17, 15) is 4.79 Å². The topological polar surface area (TPSA) is 65.0 Å². The average Bonchev–Trinajstić information content (AvgIpc) is 2.20. The fourth-order valence-electron chi connectivity index (χ4n) is 1.12. The van der Waals surface area contributed by atoms with Crippen molar-refractivity contribution in [3.05, 3.63) is 0 Å². The third kappa shape index (κ3) is 9.73. The van der Waals surface area contributed by atoms with Gasteiger partial charge in [0.1, 0.15) is 0 Å². The molecule has 5 nitrogen and oxygen atoms in total. The molecular weight excluding hydrogens is 212 g/mol. The third-order valence-corrected chi connectivity index (χ3v) is 2.01. The van der Waals surface area contributed by atoms with Crippen LogP contribution >= 0.6 is 0 Å². The lowest BCUT2D eigenvalue weighted by Gasteiger charge is -2.23. The molecule has 0 aliphatic carbocycles. The van der Waals surface area contributed by atoms with Gasteiger partial charge < -0.3 is 9.84 Å². The Morgan fingerprint density at radius 1 is 1.25 bits per heavy atom. The quantitative estimate of drug-likeness (QED) is 0.287. The Morgan fingerprint density at radius 2 is 1.94 bits per heavy atom. The van der Waals surface area contributed by atoms with Crippen LogP contribution < -0.4 is 0 Å². The highest BCUT2D eigenvalue weighted by Gasteiger charge is 2.18. The van der Waals surface area contributed by atoms with Gasteiger partial charge in [-0.2, -0.15) is 0 Å². The maximum Gasteiger partial charge on any atom is 0.505 e. The molecule has 5 heteroatoms. The van der Waals surface area contributed by atoms with Crippen LogP contribution in [0, 0.1) is 0 Å². The summed E-state index contributed by atoms with van der Waals surface area (Å²) < 4.78 is 4.32. The van der Waals surface area contributed by atoms with E-state index >= 15 is 0 Å². The van der Waals surface area contributed by atoms with Gasteiger partial charge in [-0.05, 0) is 20.3 Å². The van der Waals surface area contributed by atoms with Crippen LogP contribution in [0.5, 0.6) is 0 Å². The first kappa shape index (κ1) is 15.2. The minimum atomic E-state index is -1.26. The molecule has 0 bridgehead atoms. The molecule has 0 aliphatic heterocycles. The Bertz CT molecular complexity index is 191. The van der Waals surface area contributed by atoms with Crippen LogP contribution in [0.4, 0.5) is 4.79 Å². The molecule has 0 aromatic rings. The zero-order valence-electron chi connectivity index (χ0n) is 10.3. The van der Waals surface area contributed by atoms with Crippen LogP contribution in [0.3, 0.4) is 0 Å². The van der Waals surface area contributed by atoms with Crippen molar-refractivity contribution in [1.29, 1.82) is 0 Å². The molecule has 96 valence electrons. The Kier molecular flexibility index (Phi) is 7.93. The van der Waals surface area contributed by atoms with Gasteiger partial charge in [-0.3, -0.25) is 0 Å². The van der Waals surface area contributed by atoms with Crippen LogP contribution in [-0.4, -0.2) is 30.1 Å². The van der Waals surface area contributed by atoms with Gasteiger partial charge in [-0.25, -0.2) is 14.6 Å². The summed E-state index contributed by atoms with van der Waals surface area (Å²) in [6.45, 7) is 6.53. The van der Waals surface area contributed by atoms with E-state index in [2.05, 4.69) is 11.7 Å². The van der Waals surface area contributed by atoms with Gasteiger partial charge in [0.25, 0.3) is 0 Å². The van der Waals surface area contributed by atoms with Gasteiger partial charge in [0, 0.05) is 6.42 Å². The van der Waals surface area contributed by atoms with Gasteiger partial charge in [-0.1, -0.05) is 19.8 Å². The van der Waals surface area contributed by atoms with Crippen molar-refractivity contribution >= 4 is 6.16 Å². The number of ether oxygens (including phenoxy) is 1. The molecule has 0 saturated carbocycles. The highest BCUT2D eigenvalue weighted by molar-refractivity contribution is 5.56. The summed E-state index contributed by atoms with van der Waals surface area (Å²) in [7, 11) is 0. The lowest BCUT2D eigenvalue weighted by Crippen LogP contribution is -2.24. The van der Waals surface area contributed by atoms with Crippen LogP contribution in [0.2, 0.25) is 0 Å². The normalized spacial score (nSPS) is 11.4. The second kappa shape index (κ2) is 8.35. The largest absolute Gasteiger partial charge is 0.505 e. The molecule has 0 saturated heterocycles. The molecule has 0 heterocycles. The standard InChI is InChI=1S/C11H22O5/c1-4-5-7-11(2,3)16-15-9-6-8-14-10(12)13/h4-9H2,1-3H3,(H,12,13). The molecule has 0 atom stereocenters. The molecule has 0 fully saturated rings. The molecular formula is C11H22O5. The number of unbranched alkanes of at least 4 members (excludes halogenated alkanes) is 1. The molecule has 0 rings (SSSR count). The highest BCUT2D eigenvalue weighted by Crippen LogP contribution is 2.17. The minimum Gasteiger partial charge on any atom is -0.450 e. The van der Waals surface area contributed by atoms with Crippen molar-refractivity contribution in [2.75, 3.05) is 13.2 Å². The second-order valence-corrected chi connectivity index (χ2v) is 4.24. The number of hydrogen-bond donors (Lipinski definition) is 1. The number of carboxylic acid groups (broad SMARTS) is 1. The van der Waals surface area contributed by atoms with E-state index in [0.29, 0.717) is 13.0 Å². The van der Waals surface area contributed by atoms with E-state index < -0.39 is 6.16 Å². The molecule has 16 heavy (non-hydrogen) atoms. The minimum absolute atomic E-state index is 0.133. The average molecular weight is 234 g/mol. The molecule has 0 amide bonds. The van der Waals surface area contributed by atoms with Gasteiger partial charge >= 0.3 is 6.16 Å². The molecule has 0 radical (unpaired) electrons. The zero-order valence-corrected chi connectivity index (χ0v) is 10.3. The van der Waals surface area contributed by atoms with E-state index in [1.165, 1.54) is 0 Å². The van der Waals surface area contributed by atoms with Crippen LogP contribution in [0.15, 0.2) is 0 Å². The predicted octanol–water partition coefficient (Wildman–Crippen LogP) is 2.99. The van der Waals surface area contributed by atoms with Crippen molar-refractivity contribution in [2.45, 2.75) is 52.1 Å². The first-order chi connectivity index (χ1) is 7.48. The fraction of sp³-hybridized carbons (Fsp3) is 0.909. The molecule has 1 N–H and O–H groups in total. The SMILES string of the molecule is CCCCC(C)(C)OOCCCOC(=O)O. The maximum atomic E-state index is 10.0. The Morgan fingerprint density at radius 3 is 2.50 bits per heavy atom. The van der Waals surface area contributed by atoms with Crippen molar-refractivity contribution in [3.8, 4) is 0 Å². The van der Waals surface area contributed by atoms with Gasteiger partial charge in [-0.15, -0.1) is 0 Å². The summed E-state index contributed by atoms with van der Waals surface area (Å²) in [5, 5.41) is 8.20. The van der Waals surface area contributed by atoms with Crippen molar-refractivity contribution in [3.63, 3.8) is 0 Å². The van der Waals surface area contributed by atoms with Crippen LogP contribution in [0.1, 0.15) is 46.5 Å². The summed E-state index contributed by atoms with van der Waals surface area (Å²) in [6.07, 6.45) is 2.40. The van der Waals surface area contributed by atoms with E-state index in [1.807, 2.05) is 13.8 Å². The predicted molar refractivity (Wildman–Crippen MR) is 59.2 cm³/mol. The number of hydrogen-bond acceptors (Lipinski definition) is 4. The maximum absolute atomic E-state index is 10.0. The van der Waals surface area contributed by atoms with Crippen molar-refractivity contribution in [1.82, 2.24) is 0 Å². The smallest absolute Gasteiger partial charge is 0.450 e. The summed E-state index contributed by atoms with van der Waals surface area (Å²) >= 11 is 0. The lowest BCUT2D eigenvalue weighted by atomic mass is 10.0. The molecule has 0 aromatic heterocycles. The summed E-state index contributed by atoms with van der Waals surface area (Å²) in [5.74, 6) is 0. The first-order valence-electron chi connectivity index (χ1n) is 5.64. The summed E-state index contributed by atoms with van der Waals surface area (Å²) in [6, 6.07) is 0. The second-order valence-electron chi connectivity index (χ2n) is 4.24. The number of carbonyl (C=O) groups is 1. The molecule has 0 spiro atoms. The zero-order chi connectivity index (χ0) is 12.4. The third-order valence-electron chi connectivity index (χ3n) is 2.01. The van der Waals surface area contributed by atoms with Crippen molar-refractivity contribution in [2.24, 2.45) is 0 Å². The number of rotatable bonds is 9. The van der Waals surface area contributed by atoms with E-state index in [0.717, 1.165) is 19.3 Å². The Hall–Kier alpha value is -0.810. The summed E-state index contributed by atoms with van der Waals surface area (Å²) in [5.41, 5.74) is -0.288. The monoisotopic (exact) mass is 234 g/mol. The van der Waals surface area contributed by atoms with Crippen LogP contribution in [-0.2, 0) is 14.5 Å². The Balaban J connectivity index is 3.39.